The van der Waals surface area contributed by atoms with Crippen LogP contribution in [0.3, 0.4) is 0 Å². The molecule has 2 amide bonds. The molecule has 41 heavy (non-hydrogen) atoms. The minimum absolute atomic E-state index is 0.0702. The highest BCUT2D eigenvalue weighted by atomic mass is 16.4. The number of benzene rings is 3. The number of hydrogen-bond acceptors (Lipinski definition) is 6. The lowest BCUT2D eigenvalue weighted by molar-refractivity contribution is -0.140. The van der Waals surface area contributed by atoms with Crippen LogP contribution in [0.15, 0.2) is 95.3 Å². The average molecular weight is 544 g/mol. The number of imide groups is 1. The molecule has 1 aliphatic carbocycles. The van der Waals surface area contributed by atoms with E-state index in [2.05, 4.69) is 6.07 Å². The van der Waals surface area contributed by atoms with Crippen LogP contribution in [0.25, 0.3) is 11.1 Å². The molecule has 3 aliphatic rings. The van der Waals surface area contributed by atoms with Crippen LogP contribution in [0, 0.1) is 11.3 Å². The van der Waals surface area contributed by atoms with Gasteiger partial charge in [0.15, 0.2) is 5.78 Å². The monoisotopic (exact) mass is 543 g/mol. The Morgan fingerprint density at radius 2 is 1.56 bits per heavy atom. The Balaban J connectivity index is 1.47. The van der Waals surface area contributed by atoms with E-state index in [4.69, 9.17) is 0 Å². The highest BCUT2D eigenvalue weighted by Crippen LogP contribution is 2.49. The lowest BCUT2D eigenvalue weighted by atomic mass is 9.77. The molecular formula is C33H25N3O5. The molecule has 2 heterocycles. The van der Waals surface area contributed by atoms with Crippen LogP contribution in [0.1, 0.15) is 53.2 Å². The van der Waals surface area contributed by atoms with E-state index in [-0.39, 0.29) is 41.5 Å². The second-order valence-electron chi connectivity index (χ2n) is 10.4. The van der Waals surface area contributed by atoms with Crippen molar-refractivity contribution in [3.05, 3.63) is 118 Å². The Bertz CT molecular complexity index is 1780. The summed E-state index contributed by atoms with van der Waals surface area (Å²) in [5, 5.41) is 20.9. The first-order chi connectivity index (χ1) is 19.7. The largest absolute Gasteiger partial charge is 0.478 e. The molecule has 2 atom stereocenters. The molecular weight excluding hydrogens is 518 g/mol. The Morgan fingerprint density at radius 1 is 0.902 bits per heavy atom. The second kappa shape index (κ2) is 9.72. The van der Waals surface area contributed by atoms with Gasteiger partial charge in [-0.1, -0.05) is 72.8 Å². The molecule has 1 saturated heterocycles. The molecule has 0 radical (unpaired) electrons. The van der Waals surface area contributed by atoms with Crippen molar-refractivity contribution in [1.82, 2.24) is 9.80 Å². The number of nitriles is 1. The van der Waals surface area contributed by atoms with Gasteiger partial charge in [-0.25, -0.2) is 4.79 Å². The van der Waals surface area contributed by atoms with Crippen molar-refractivity contribution in [2.75, 3.05) is 0 Å². The fourth-order valence-electron chi connectivity index (χ4n) is 6.42. The van der Waals surface area contributed by atoms with Crippen LogP contribution in [-0.4, -0.2) is 44.5 Å². The Morgan fingerprint density at radius 3 is 2.24 bits per heavy atom. The molecule has 6 rings (SSSR count). The van der Waals surface area contributed by atoms with E-state index in [1.165, 1.54) is 9.80 Å². The predicted molar refractivity (Wildman–Crippen MR) is 149 cm³/mol. The van der Waals surface area contributed by atoms with Crippen molar-refractivity contribution in [3.63, 3.8) is 0 Å². The zero-order chi connectivity index (χ0) is 29.0. The highest BCUT2D eigenvalue weighted by molar-refractivity contribution is 6.22. The molecule has 3 aromatic rings. The topological polar surface area (TPSA) is 119 Å². The molecule has 0 saturated carbocycles. The first-order valence-electron chi connectivity index (χ1n) is 13.2. The maximum Gasteiger partial charge on any atom is 0.334 e. The first-order valence-corrected chi connectivity index (χ1v) is 13.2. The third-order valence-corrected chi connectivity index (χ3v) is 8.24. The Kier molecular flexibility index (Phi) is 6.15. The SMILES string of the molecule is CC1=C(C#N)C(c2cccc3c2-c2ccccc2C3=O)C(C(=O)O)=C(C)N1[C@H]1CC(=O)N(Cc2ccccc2)C1=O. The van der Waals surface area contributed by atoms with Crippen LogP contribution in [0.4, 0.5) is 0 Å². The van der Waals surface area contributed by atoms with Gasteiger partial charge in [0.1, 0.15) is 6.04 Å². The molecule has 0 aromatic heterocycles. The van der Waals surface area contributed by atoms with Gasteiger partial charge in [0.05, 0.1) is 36.1 Å². The van der Waals surface area contributed by atoms with Crippen molar-refractivity contribution in [2.45, 2.75) is 38.8 Å². The van der Waals surface area contributed by atoms with Crippen LogP contribution in [0.5, 0.6) is 0 Å². The minimum atomic E-state index is -1.24. The van der Waals surface area contributed by atoms with Crippen LogP contribution in [-0.2, 0) is 20.9 Å². The van der Waals surface area contributed by atoms with Crippen LogP contribution < -0.4 is 0 Å². The average Bonchev–Trinajstić information content (AvgIpc) is 3.41. The van der Waals surface area contributed by atoms with Gasteiger partial charge < -0.3 is 10.0 Å². The smallest absolute Gasteiger partial charge is 0.334 e. The van der Waals surface area contributed by atoms with Crippen molar-refractivity contribution in [3.8, 4) is 17.2 Å². The minimum Gasteiger partial charge on any atom is -0.478 e. The van der Waals surface area contributed by atoms with Gasteiger partial charge in [0.25, 0.3) is 5.91 Å². The number of amides is 2. The molecule has 202 valence electrons. The summed E-state index contributed by atoms with van der Waals surface area (Å²) in [6.45, 7) is 3.39. The predicted octanol–water partition coefficient (Wildman–Crippen LogP) is 4.78. The fourth-order valence-corrected chi connectivity index (χ4v) is 6.42. The van der Waals surface area contributed by atoms with Crippen molar-refractivity contribution >= 4 is 23.6 Å². The summed E-state index contributed by atoms with van der Waals surface area (Å²) in [5.74, 6) is -3.18. The maximum atomic E-state index is 13.6. The molecule has 1 fully saturated rings. The second-order valence-corrected chi connectivity index (χ2v) is 10.4. The van der Waals surface area contributed by atoms with E-state index in [0.717, 1.165) is 5.56 Å². The lowest BCUT2D eigenvalue weighted by Crippen LogP contribution is -2.43. The van der Waals surface area contributed by atoms with Gasteiger partial charge in [0.2, 0.25) is 5.91 Å². The van der Waals surface area contributed by atoms with Crippen LogP contribution >= 0.6 is 0 Å². The molecule has 0 bridgehead atoms. The molecule has 0 spiro atoms. The number of fused-ring (bicyclic) bond motifs is 3. The van der Waals surface area contributed by atoms with Gasteiger partial charge in [-0.05, 0) is 36.1 Å². The molecule has 8 nitrogen and oxygen atoms in total. The summed E-state index contributed by atoms with van der Waals surface area (Å²) in [6.07, 6.45) is -0.140. The number of carboxylic acids is 1. The number of rotatable bonds is 5. The summed E-state index contributed by atoms with van der Waals surface area (Å²) in [7, 11) is 0. The Hall–Kier alpha value is -5.29. The number of carbonyl (C=O) groups excluding carboxylic acids is 3. The third-order valence-electron chi connectivity index (χ3n) is 8.24. The summed E-state index contributed by atoms with van der Waals surface area (Å²) in [5.41, 5.74) is 4.38. The number of likely N-dealkylation sites (tertiary alicyclic amines) is 1. The highest BCUT2D eigenvalue weighted by Gasteiger charge is 2.47. The lowest BCUT2D eigenvalue weighted by Gasteiger charge is -2.39. The quantitative estimate of drug-likeness (QED) is 0.360. The fraction of sp³-hybridized carbons (Fsp3) is 0.182. The normalized spacial score (nSPS) is 20.0. The van der Waals surface area contributed by atoms with E-state index >= 15 is 0 Å². The van der Waals surface area contributed by atoms with Crippen LogP contribution in [0.2, 0.25) is 0 Å². The van der Waals surface area contributed by atoms with Gasteiger partial charge in [0, 0.05) is 22.5 Å². The number of carboxylic acid groups (broad SMARTS) is 1. The van der Waals surface area contributed by atoms with Gasteiger partial charge >= 0.3 is 5.97 Å². The van der Waals surface area contributed by atoms with E-state index in [0.29, 0.717) is 33.5 Å². The van der Waals surface area contributed by atoms with Crippen molar-refractivity contribution in [2.24, 2.45) is 0 Å². The maximum absolute atomic E-state index is 13.6. The Labute approximate surface area is 236 Å². The number of ketones is 1. The zero-order valence-corrected chi connectivity index (χ0v) is 22.4. The first kappa shape index (κ1) is 26.0. The zero-order valence-electron chi connectivity index (χ0n) is 22.4. The van der Waals surface area contributed by atoms with Crippen molar-refractivity contribution < 1.29 is 24.3 Å². The number of carbonyl (C=O) groups is 4. The van der Waals surface area contributed by atoms with E-state index < -0.39 is 23.8 Å². The van der Waals surface area contributed by atoms with E-state index in [1.807, 2.05) is 42.5 Å². The van der Waals surface area contributed by atoms with E-state index in [9.17, 15) is 29.5 Å². The summed E-state index contributed by atoms with van der Waals surface area (Å²) in [6, 6.07) is 22.7. The molecule has 3 aromatic carbocycles. The summed E-state index contributed by atoms with van der Waals surface area (Å²) >= 11 is 0. The van der Waals surface area contributed by atoms with Gasteiger partial charge in [-0.3, -0.25) is 19.3 Å². The summed E-state index contributed by atoms with van der Waals surface area (Å²) < 4.78 is 0. The number of allylic oxidation sites excluding steroid dienone is 3. The molecule has 1 N–H and O–H groups in total. The summed E-state index contributed by atoms with van der Waals surface area (Å²) in [4.78, 5) is 55.4. The number of hydrogen-bond donors (Lipinski definition) is 1. The standard InChI is InChI=1S/C33H25N3O5/c1-18-25(16-34)30(23-13-8-14-24-29(23)21-11-6-7-12-22(21)31(24)38)28(33(40)41)19(2)36(18)26-15-27(37)35(32(26)39)17-20-9-4-3-5-10-20/h3-14,26,30H,15,17H2,1-2H3,(H,40,41)/t26-,30?/m0/s1. The number of nitrogens with zero attached hydrogens (tertiary/aromatic N) is 3. The van der Waals surface area contributed by atoms with E-state index in [1.54, 1.807) is 44.2 Å². The van der Waals surface area contributed by atoms with Crippen molar-refractivity contribution in [1.29, 1.82) is 5.26 Å². The molecule has 2 aliphatic heterocycles. The molecule has 1 unspecified atom stereocenters. The third kappa shape index (κ3) is 3.89. The molecule has 8 heteroatoms. The number of aliphatic carboxylic acids is 1. The van der Waals surface area contributed by atoms with Gasteiger partial charge in [-0.2, -0.15) is 5.26 Å². The van der Waals surface area contributed by atoms with Gasteiger partial charge in [-0.15, -0.1) is 0 Å².